The molecule has 0 saturated heterocycles. The molecule has 4 aromatic rings. The van der Waals surface area contributed by atoms with Crippen LogP contribution in [-0.4, -0.2) is 32.8 Å². The average molecular weight is 458 g/mol. The first-order valence-electron chi connectivity index (χ1n) is 11.0. The highest BCUT2D eigenvalue weighted by atomic mass is 16.5. The molecule has 0 unspecified atom stereocenters. The lowest BCUT2D eigenvalue weighted by molar-refractivity contribution is -0.116. The van der Waals surface area contributed by atoms with Gasteiger partial charge in [-0.05, 0) is 74.7 Å². The molecule has 174 valence electrons. The van der Waals surface area contributed by atoms with Crippen molar-refractivity contribution in [3.63, 3.8) is 0 Å². The van der Waals surface area contributed by atoms with Crippen molar-refractivity contribution in [2.24, 2.45) is 0 Å². The van der Waals surface area contributed by atoms with Gasteiger partial charge in [0, 0.05) is 23.9 Å². The molecule has 0 bridgehead atoms. The molecule has 0 radical (unpaired) electrons. The number of methoxy groups -OCH3 is 1. The smallest absolute Gasteiger partial charge is 0.224 e. The molecule has 0 spiro atoms. The monoisotopic (exact) mass is 457 g/mol. The van der Waals surface area contributed by atoms with Crippen molar-refractivity contribution < 1.29 is 14.3 Å². The normalized spacial score (nSPS) is 10.7. The van der Waals surface area contributed by atoms with E-state index < -0.39 is 0 Å². The number of carbonyl (C=O) groups is 1. The predicted octanol–water partition coefficient (Wildman–Crippen LogP) is 4.96. The van der Waals surface area contributed by atoms with Crippen LogP contribution in [0.2, 0.25) is 0 Å². The van der Waals surface area contributed by atoms with Gasteiger partial charge in [-0.1, -0.05) is 12.1 Å². The molecule has 1 N–H and O–H groups in total. The highest BCUT2D eigenvalue weighted by molar-refractivity contribution is 5.90. The fraction of sp³-hybridized carbons (Fsp3) is 0.231. The number of nitrogens with one attached hydrogen (secondary N) is 1. The second kappa shape index (κ2) is 10.2. The number of anilines is 1. The first-order chi connectivity index (χ1) is 16.4. The molecule has 4 rings (SSSR count). The summed E-state index contributed by atoms with van der Waals surface area (Å²) in [6.07, 6.45) is 2.50. The van der Waals surface area contributed by atoms with Gasteiger partial charge in [-0.15, -0.1) is 0 Å². The number of benzene rings is 2. The van der Waals surface area contributed by atoms with Crippen molar-refractivity contribution in [1.29, 1.82) is 0 Å². The Bertz CT molecular complexity index is 1280. The Labute approximate surface area is 198 Å². The van der Waals surface area contributed by atoms with Crippen molar-refractivity contribution in [1.82, 2.24) is 19.7 Å². The molecule has 0 fully saturated rings. The third-order valence-electron chi connectivity index (χ3n) is 5.66. The predicted molar refractivity (Wildman–Crippen MR) is 130 cm³/mol. The number of rotatable bonds is 8. The largest absolute Gasteiger partial charge is 0.497 e. The molecule has 2 aromatic carbocycles. The van der Waals surface area contributed by atoms with Gasteiger partial charge >= 0.3 is 0 Å². The summed E-state index contributed by atoms with van der Waals surface area (Å²) in [5, 5.41) is 7.45. The van der Waals surface area contributed by atoms with Gasteiger partial charge in [0.05, 0.1) is 12.8 Å². The molecule has 8 nitrogen and oxygen atoms in total. The average Bonchev–Trinajstić information content (AvgIpc) is 3.12. The van der Waals surface area contributed by atoms with Crippen LogP contribution in [0.15, 0.2) is 60.9 Å². The number of aryl methyl sites for hydroxylation is 2. The summed E-state index contributed by atoms with van der Waals surface area (Å²) in [5.41, 5.74) is 4.89. The fourth-order valence-corrected chi connectivity index (χ4v) is 3.45. The molecule has 1 amide bonds. The van der Waals surface area contributed by atoms with Crippen LogP contribution >= 0.6 is 0 Å². The number of amides is 1. The fourth-order valence-electron chi connectivity index (χ4n) is 3.45. The molecule has 0 saturated carbocycles. The van der Waals surface area contributed by atoms with Gasteiger partial charge in [0.1, 0.15) is 17.8 Å². The summed E-state index contributed by atoms with van der Waals surface area (Å²) >= 11 is 0. The van der Waals surface area contributed by atoms with E-state index in [1.807, 2.05) is 45.0 Å². The number of ether oxygens (including phenoxy) is 2. The SMILES string of the molecule is COc1ccc(CCC(=O)Nc2ccc(Oc3cc(-n4nc(C)c(C)c4C)ncn3)cc2)cc1. The van der Waals surface area contributed by atoms with Crippen LogP contribution in [0.25, 0.3) is 5.82 Å². The van der Waals surface area contributed by atoms with Gasteiger partial charge < -0.3 is 14.8 Å². The first kappa shape index (κ1) is 23.0. The van der Waals surface area contributed by atoms with E-state index >= 15 is 0 Å². The van der Waals surface area contributed by atoms with Gasteiger partial charge in [0.15, 0.2) is 5.82 Å². The highest BCUT2D eigenvalue weighted by Gasteiger charge is 2.11. The minimum atomic E-state index is -0.0508. The zero-order valence-corrected chi connectivity index (χ0v) is 19.7. The maximum absolute atomic E-state index is 12.3. The van der Waals surface area contributed by atoms with Gasteiger partial charge in [-0.3, -0.25) is 4.79 Å². The van der Waals surface area contributed by atoms with E-state index in [-0.39, 0.29) is 5.91 Å². The molecule has 2 aromatic heterocycles. The highest BCUT2D eigenvalue weighted by Crippen LogP contribution is 2.24. The third kappa shape index (κ3) is 5.40. The Morgan fingerprint density at radius 2 is 1.68 bits per heavy atom. The summed E-state index contributed by atoms with van der Waals surface area (Å²) in [7, 11) is 1.63. The minimum absolute atomic E-state index is 0.0508. The van der Waals surface area contributed by atoms with E-state index in [0.717, 1.165) is 28.3 Å². The number of carbonyl (C=O) groups excluding carboxylic acids is 1. The third-order valence-corrected chi connectivity index (χ3v) is 5.66. The molecular formula is C26H27N5O3. The Morgan fingerprint density at radius 1 is 0.971 bits per heavy atom. The van der Waals surface area contributed by atoms with Crippen molar-refractivity contribution in [3.05, 3.63) is 83.4 Å². The second-order valence-corrected chi connectivity index (χ2v) is 7.94. The number of nitrogens with zero attached hydrogens (tertiary/aromatic N) is 4. The van der Waals surface area contributed by atoms with Crippen LogP contribution in [0.1, 0.15) is 28.9 Å². The zero-order chi connectivity index (χ0) is 24.1. The maximum Gasteiger partial charge on any atom is 0.224 e. The lowest BCUT2D eigenvalue weighted by Gasteiger charge is -2.09. The van der Waals surface area contributed by atoms with Gasteiger partial charge in [-0.2, -0.15) is 5.10 Å². The summed E-state index contributed by atoms with van der Waals surface area (Å²) in [6, 6.07) is 16.6. The standard InChI is InChI=1S/C26H27N5O3/c1-17-18(2)30-31(19(17)3)24-15-26(28-16-27-24)34-23-12-8-21(9-13-23)29-25(32)14-7-20-5-10-22(33-4)11-6-20/h5-6,8-13,15-16H,7,14H2,1-4H3,(H,29,32). The molecule has 0 atom stereocenters. The zero-order valence-electron chi connectivity index (χ0n) is 19.7. The summed E-state index contributed by atoms with van der Waals surface area (Å²) in [5.74, 6) is 2.40. The van der Waals surface area contributed by atoms with E-state index in [0.29, 0.717) is 36.0 Å². The Balaban J connectivity index is 1.34. The number of aromatic nitrogens is 4. The van der Waals surface area contributed by atoms with Crippen molar-refractivity contribution in [2.45, 2.75) is 33.6 Å². The van der Waals surface area contributed by atoms with Crippen LogP contribution in [0.5, 0.6) is 17.4 Å². The van der Waals surface area contributed by atoms with E-state index in [9.17, 15) is 4.79 Å². The molecule has 2 heterocycles. The van der Waals surface area contributed by atoms with Crippen LogP contribution < -0.4 is 14.8 Å². The van der Waals surface area contributed by atoms with E-state index in [2.05, 4.69) is 20.4 Å². The second-order valence-electron chi connectivity index (χ2n) is 7.94. The van der Waals surface area contributed by atoms with Crippen LogP contribution in [0.3, 0.4) is 0 Å². The lowest BCUT2D eigenvalue weighted by atomic mass is 10.1. The van der Waals surface area contributed by atoms with Crippen molar-refractivity contribution in [2.75, 3.05) is 12.4 Å². The van der Waals surface area contributed by atoms with E-state index in [1.54, 1.807) is 42.1 Å². The topological polar surface area (TPSA) is 91.2 Å². The molecular weight excluding hydrogens is 430 g/mol. The maximum atomic E-state index is 12.3. The van der Waals surface area contributed by atoms with Gasteiger partial charge in [0.2, 0.25) is 11.8 Å². The Kier molecular flexibility index (Phi) is 6.87. The van der Waals surface area contributed by atoms with E-state index in [4.69, 9.17) is 9.47 Å². The summed E-state index contributed by atoms with van der Waals surface area (Å²) in [6.45, 7) is 6.00. The molecule has 0 aliphatic heterocycles. The van der Waals surface area contributed by atoms with Crippen LogP contribution in [0.4, 0.5) is 5.69 Å². The van der Waals surface area contributed by atoms with E-state index in [1.165, 1.54) is 6.33 Å². The summed E-state index contributed by atoms with van der Waals surface area (Å²) < 4.78 is 12.8. The van der Waals surface area contributed by atoms with Crippen LogP contribution in [-0.2, 0) is 11.2 Å². The minimum Gasteiger partial charge on any atom is -0.497 e. The summed E-state index contributed by atoms with van der Waals surface area (Å²) in [4.78, 5) is 20.8. The molecule has 8 heteroatoms. The molecule has 0 aliphatic carbocycles. The van der Waals surface area contributed by atoms with Gasteiger partial charge in [0.25, 0.3) is 0 Å². The Hall–Kier alpha value is -4.20. The first-order valence-corrected chi connectivity index (χ1v) is 11.0. The number of hydrogen-bond donors (Lipinski definition) is 1. The van der Waals surface area contributed by atoms with Crippen LogP contribution in [0, 0.1) is 20.8 Å². The Morgan fingerprint density at radius 3 is 2.32 bits per heavy atom. The quantitative estimate of drug-likeness (QED) is 0.402. The van der Waals surface area contributed by atoms with Gasteiger partial charge in [-0.25, -0.2) is 14.6 Å². The van der Waals surface area contributed by atoms with Crippen molar-refractivity contribution in [3.8, 4) is 23.2 Å². The molecule has 34 heavy (non-hydrogen) atoms. The lowest BCUT2D eigenvalue weighted by Crippen LogP contribution is -2.12. The van der Waals surface area contributed by atoms with Crippen molar-refractivity contribution >= 4 is 11.6 Å². The molecule has 0 aliphatic rings. The number of hydrogen-bond acceptors (Lipinski definition) is 6.